The predicted molar refractivity (Wildman–Crippen MR) is 95.2 cm³/mol. The lowest BCUT2D eigenvalue weighted by Gasteiger charge is -2.35. The number of H-pyrrole nitrogens is 1. The van der Waals surface area contributed by atoms with Crippen LogP contribution in [0.1, 0.15) is 44.1 Å². The summed E-state index contributed by atoms with van der Waals surface area (Å²) in [5, 5.41) is 6.77. The van der Waals surface area contributed by atoms with E-state index in [0.717, 1.165) is 36.8 Å². The Morgan fingerprint density at radius 3 is 2.88 bits per heavy atom. The van der Waals surface area contributed by atoms with Crippen molar-refractivity contribution in [3.05, 3.63) is 24.4 Å². The van der Waals surface area contributed by atoms with Gasteiger partial charge in [-0.25, -0.2) is 9.78 Å². The molecule has 25 heavy (non-hydrogen) atoms. The highest BCUT2D eigenvalue weighted by molar-refractivity contribution is 5.94. The van der Waals surface area contributed by atoms with E-state index in [1.54, 1.807) is 19.3 Å². The first-order valence-electron chi connectivity index (χ1n) is 9.05. The van der Waals surface area contributed by atoms with Gasteiger partial charge in [0.15, 0.2) is 5.69 Å². The van der Waals surface area contributed by atoms with Gasteiger partial charge < -0.3 is 9.30 Å². The van der Waals surface area contributed by atoms with Crippen molar-refractivity contribution in [2.45, 2.75) is 46.2 Å². The third-order valence-corrected chi connectivity index (χ3v) is 5.01. The highest BCUT2D eigenvalue weighted by atomic mass is 16.5. The SMILES string of the molecule is CCOC(=O)c1[nH]ncc1-c1cncn1CC(C)N1CCC(C)CC1. The summed E-state index contributed by atoms with van der Waals surface area (Å²) in [5.41, 5.74) is 1.99. The van der Waals surface area contributed by atoms with Crippen molar-refractivity contribution in [3.63, 3.8) is 0 Å². The molecule has 1 saturated heterocycles. The molecular weight excluding hydrogens is 318 g/mol. The Morgan fingerprint density at radius 2 is 2.16 bits per heavy atom. The zero-order valence-electron chi connectivity index (χ0n) is 15.2. The van der Waals surface area contributed by atoms with Crippen LogP contribution in [0.2, 0.25) is 0 Å². The molecule has 0 spiro atoms. The van der Waals surface area contributed by atoms with Gasteiger partial charge in [-0.2, -0.15) is 5.10 Å². The molecule has 2 aromatic heterocycles. The number of ether oxygens (including phenoxy) is 1. The highest BCUT2D eigenvalue weighted by Gasteiger charge is 2.23. The van der Waals surface area contributed by atoms with Gasteiger partial charge in [0.05, 0.1) is 36.6 Å². The molecule has 1 unspecified atom stereocenters. The number of carbonyl (C=O) groups is 1. The largest absolute Gasteiger partial charge is 0.461 e. The Hall–Kier alpha value is -2.15. The maximum Gasteiger partial charge on any atom is 0.357 e. The number of imidazole rings is 1. The molecule has 0 radical (unpaired) electrons. The van der Waals surface area contributed by atoms with Crippen molar-refractivity contribution in [2.24, 2.45) is 5.92 Å². The molecule has 0 aliphatic carbocycles. The molecule has 0 amide bonds. The van der Waals surface area contributed by atoms with E-state index in [0.29, 0.717) is 18.3 Å². The predicted octanol–water partition coefficient (Wildman–Crippen LogP) is 2.57. The van der Waals surface area contributed by atoms with E-state index < -0.39 is 0 Å². The Balaban J connectivity index is 1.75. The van der Waals surface area contributed by atoms with Crippen LogP contribution in [0.25, 0.3) is 11.3 Å². The molecule has 7 nitrogen and oxygen atoms in total. The summed E-state index contributed by atoms with van der Waals surface area (Å²) >= 11 is 0. The average molecular weight is 345 g/mol. The number of rotatable bonds is 6. The Kier molecular flexibility index (Phi) is 5.53. The van der Waals surface area contributed by atoms with Crippen molar-refractivity contribution in [3.8, 4) is 11.3 Å². The molecule has 1 fully saturated rings. The van der Waals surface area contributed by atoms with E-state index in [1.165, 1.54) is 12.8 Å². The molecule has 0 bridgehead atoms. The number of nitrogens with zero attached hydrogens (tertiary/aromatic N) is 4. The molecule has 1 N–H and O–H groups in total. The van der Waals surface area contributed by atoms with Gasteiger partial charge in [-0.05, 0) is 45.7 Å². The number of aromatic amines is 1. The number of piperidine rings is 1. The van der Waals surface area contributed by atoms with Crippen LogP contribution in [-0.4, -0.2) is 56.4 Å². The van der Waals surface area contributed by atoms with Crippen LogP contribution in [-0.2, 0) is 11.3 Å². The molecular formula is C18H27N5O2. The van der Waals surface area contributed by atoms with E-state index in [9.17, 15) is 4.79 Å². The quantitative estimate of drug-likeness (QED) is 0.814. The van der Waals surface area contributed by atoms with E-state index >= 15 is 0 Å². The van der Waals surface area contributed by atoms with E-state index in [1.807, 2.05) is 6.33 Å². The smallest absolute Gasteiger partial charge is 0.357 e. The number of likely N-dealkylation sites (tertiary alicyclic amines) is 1. The van der Waals surface area contributed by atoms with Gasteiger partial charge in [0, 0.05) is 12.6 Å². The van der Waals surface area contributed by atoms with Crippen molar-refractivity contribution in [1.82, 2.24) is 24.6 Å². The number of nitrogens with one attached hydrogen (secondary N) is 1. The first-order valence-corrected chi connectivity index (χ1v) is 9.05. The van der Waals surface area contributed by atoms with Gasteiger partial charge in [-0.15, -0.1) is 0 Å². The van der Waals surface area contributed by atoms with Crippen LogP contribution in [0.3, 0.4) is 0 Å². The normalized spacial score (nSPS) is 17.6. The lowest BCUT2D eigenvalue weighted by molar-refractivity contribution is 0.0520. The van der Waals surface area contributed by atoms with Crippen molar-refractivity contribution < 1.29 is 9.53 Å². The minimum Gasteiger partial charge on any atom is -0.461 e. The fourth-order valence-corrected chi connectivity index (χ4v) is 3.40. The summed E-state index contributed by atoms with van der Waals surface area (Å²) in [5.74, 6) is 0.436. The zero-order chi connectivity index (χ0) is 17.8. The molecule has 1 aliphatic rings. The lowest BCUT2D eigenvalue weighted by atomic mass is 9.98. The van der Waals surface area contributed by atoms with Gasteiger partial charge >= 0.3 is 5.97 Å². The summed E-state index contributed by atoms with van der Waals surface area (Å²) in [6, 6.07) is 0.415. The number of hydrogen-bond acceptors (Lipinski definition) is 5. The van der Waals surface area contributed by atoms with Crippen molar-refractivity contribution in [1.29, 1.82) is 0 Å². The molecule has 136 valence electrons. The Bertz CT molecular complexity index is 700. The molecule has 2 aromatic rings. The second-order valence-corrected chi connectivity index (χ2v) is 6.88. The van der Waals surface area contributed by atoms with Gasteiger partial charge in [0.2, 0.25) is 0 Å². The fraction of sp³-hybridized carbons (Fsp3) is 0.611. The summed E-state index contributed by atoms with van der Waals surface area (Å²) in [6.45, 7) is 9.82. The lowest BCUT2D eigenvalue weighted by Crippen LogP contribution is -2.41. The third kappa shape index (κ3) is 3.92. The second-order valence-electron chi connectivity index (χ2n) is 6.88. The van der Waals surface area contributed by atoms with Gasteiger partial charge in [-0.1, -0.05) is 6.92 Å². The van der Waals surface area contributed by atoms with Crippen LogP contribution in [0.4, 0.5) is 0 Å². The summed E-state index contributed by atoms with van der Waals surface area (Å²) in [4.78, 5) is 18.9. The number of esters is 1. The second kappa shape index (κ2) is 7.82. The van der Waals surface area contributed by atoms with E-state index in [4.69, 9.17) is 4.74 Å². The first kappa shape index (κ1) is 17.7. The highest BCUT2D eigenvalue weighted by Crippen LogP contribution is 2.24. The summed E-state index contributed by atoms with van der Waals surface area (Å²) in [6.07, 6.45) is 7.78. The monoisotopic (exact) mass is 345 g/mol. The minimum absolute atomic E-state index is 0.334. The van der Waals surface area contributed by atoms with Crippen molar-refractivity contribution >= 4 is 5.97 Å². The fourth-order valence-electron chi connectivity index (χ4n) is 3.40. The van der Waals surface area contributed by atoms with E-state index in [2.05, 4.69) is 38.5 Å². The maximum atomic E-state index is 12.1. The average Bonchev–Trinajstić information content (AvgIpc) is 3.24. The van der Waals surface area contributed by atoms with Crippen LogP contribution in [0.15, 0.2) is 18.7 Å². The molecule has 7 heteroatoms. The van der Waals surface area contributed by atoms with Gasteiger partial charge in [0.25, 0.3) is 0 Å². The molecule has 3 rings (SSSR count). The summed E-state index contributed by atoms with van der Waals surface area (Å²) < 4.78 is 7.20. The number of hydrogen-bond donors (Lipinski definition) is 1. The van der Waals surface area contributed by atoms with Crippen LogP contribution in [0, 0.1) is 5.92 Å². The van der Waals surface area contributed by atoms with Crippen molar-refractivity contribution in [2.75, 3.05) is 19.7 Å². The van der Waals surface area contributed by atoms with Crippen LogP contribution in [0.5, 0.6) is 0 Å². The molecule has 0 aromatic carbocycles. The maximum absolute atomic E-state index is 12.1. The minimum atomic E-state index is -0.388. The molecule has 3 heterocycles. The van der Waals surface area contributed by atoms with Crippen LogP contribution >= 0.6 is 0 Å². The van der Waals surface area contributed by atoms with E-state index in [-0.39, 0.29) is 5.97 Å². The standard InChI is InChI=1S/C18H27N5O2/c1-4-25-18(24)17-15(9-20-21-17)16-10-19-12-23(16)11-14(3)22-7-5-13(2)6-8-22/h9-10,12-14H,4-8,11H2,1-3H3,(H,20,21). The first-order chi connectivity index (χ1) is 12.1. The molecule has 1 atom stereocenters. The zero-order valence-corrected chi connectivity index (χ0v) is 15.2. The van der Waals surface area contributed by atoms with Crippen LogP contribution < -0.4 is 0 Å². The number of carbonyl (C=O) groups excluding carboxylic acids is 1. The number of aromatic nitrogens is 4. The Labute approximate surface area is 148 Å². The molecule has 0 saturated carbocycles. The topological polar surface area (TPSA) is 76.0 Å². The van der Waals surface area contributed by atoms with Gasteiger partial charge in [0.1, 0.15) is 0 Å². The van der Waals surface area contributed by atoms with Gasteiger partial charge in [-0.3, -0.25) is 10.00 Å². The Morgan fingerprint density at radius 1 is 1.40 bits per heavy atom. The third-order valence-electron chi connectivity index (χ3n) is 5.01. The molecule has 1 aliphatic heterocycles. The summed E-state index contributed by atoms with van der Waals surface area (Å²) in [7, 11) is 0.